The summed E-state index contributed by atoms with van der Waals surface area (Å²) < 4.78 is 1.40. The Labute approximate surface area is 172 Å². The number of aromatic amines is 1. The van der Waals surface area contributed by atoms with Crippen molar-refractivity contribution < 1.29 is 4.79 Å². The molecule has 0 spiro atoms. The first-order valence-electron chi connectivity index (χ1n) is 9.76. The van der Waals surface area contributed by atoms with Gasteiger partial charge < -0.3 is 14.9 Å². The SMILES string of the molecule is CCn1c(=O)c(=O)[nH]c2cc(C(=O)NC(c3ccccc3)c3ccccc3)ccc21. The monoisotopic (exact) mass is 399 g/mol. The zero-order valence-corrected chi connectivity index (χ0v) is 16.5. The molecule has 3 aromatic carbocycles. The fraction of sp³-hybridized carbons (Fsp3) is 0.125. The number of benzene rings is 3. The van der Waals surface area contributed by atoms with Crippen LogP contribution in [0.25, 0.3) is 11.0 Å². The zero-order chi connectivity index (χ0) is 21.1. The first kappa shape index (κ1) is 19.4. The molecule has 6 heteroatoms. The van der Waals surface area contributed by atoms with E-state index in [1.807, 2.05) is 60.7 Å². The van der Waals surface area contributed by atoms with E-state index in [-0.39, 0.29) is 11.9 Å². The fourth-order valence-corrected chi connectivity index (χ4v) is 3.60. The number of nitrogens with zero attached hydrogens (tertiary/aromatic N) is 1. The van der Waals surface area contributed by atoms with Gasteiger partial charge in [0.25, 0.3) is 5.91 Å². The van der Waals surface area contributed by atoms with Crippen LogP contribution in [0.4, 0.5) is 0 Å². The molecule has 1 aromatic heterocycles. The van der Waals surface area contributed by atoms with Crippen LogP contribution in [0.15, 0.2) is 88.5 Å². The van der Waals surface area contributed by atoms with E-state index in [1.54, 1.807) is 25.1 Å². The van der Waals surface area contributed by atoms with Crippen molar-refractivity contribution in [1.82, 2.24) is 14.9 Å². The number of aryl methyl sites for hydroxylation is 1. The molecule has 0 aliphatic rings. The number of aromatic nitrogens is 2. The summed E-state index contributed by atoms with van der Waals surface area (Å²) in [5.41, 5.74) is 2.06. The molecule has 0 bridgehead atoms. The predicted octanol–water partition coefficient (Wildman–Crippen LogP) is 3.23. The minimum atomic E-state index is -0.701. The van der Waals surface area contributed by atoms with E-state index in [1.165, 1.54) is 4.57 Å². The molecule has 2 N–H and O–H groups in total. The van der Waals surface area contributed by atoms with Gasteiger partial charge in [-0.15, -0.1) is 0 Å². The van der Waals surface area contributed by atoms with E-state index < -0.39 is 11.1 Å². The van der Waals surface area contributed by atoms with E-state index in [0.717, 1.165) is 11.1 Å². The Hall–Kier alpha value is -3.93. The van der Waals surface area contributed by atoms with Crippen LogP contribution in [0, 0.1) is 0 Å². The van der Waals surface area contributed by atoms with Crippen LogP contribution in [0.5, 0.6) is 0 Å². The van der Waals surface area contributed by atoms with Crippen LogP contribution < -0.4 is 16.4 Å². The van der Waals surface area contributed by atoms with Gasteiger partial charge in [0.05, 0.1) is 17.1 Å². The third-order valence-electron chi connectivity index (χ3n) is 5.09. The molecule has 0 radical (unpaired) electrons. The summed E-state index contributed by atoms with van der Waals surface area (Å²) in [7, 11) is 0. The van der Waals surface area contributed by atoms with Crippen molar-refractivity contribution in [3.63, 3.8) is 0 Å². The molecule has 30 heavy (non-hydrogen) atoms. The van der Waals surface area contributed by atoms with Gasteiger partial charge >= 0.3 is 11.1 Å². The Morgan fingerprint density at radius 2 is 1.53 bits per heavy atom. The van der Waals surface area contributed by atoms with Crippen LogP contribution >= 0.6 is 0 Å². The highest BCUT2D eigenvalue weighted by atomic mass is 16.2. The molecular formula is C24H21N3O3. The summed E-state index contributed by atoms with van der Waals surface area (Å²) in [6, 6.07) is 24.1. The zero-order valence-electron chi connectivity index (χ0n) is 16.5. The largest absolute Gasteiger partial charge is 0.341 e. The lowest BCUT2D eigenvalue weighted by Crippen LogP contribution is -2.36. The van der Waals surface area contributed by atoms with Crippen LogP contribution in [0.3, 0.4) is 0 Å². The third-order valence-corrected chi connectivity index (χ3v) is 5.09. The average Bonchev–Trinajstić information content (AvgIpc) is 2.79. The van der Waals surface area contributed by atoms with E-state index in [0.29, 0.717) is 23.1 Å². The number of nitrogens with one attached hydrogen (secondary N) is 2. The van der Waals surface area contributed by atoms with E-state index in [2.05, 4.69) is 10.3 Å². The van der Waals surface area contributed by atoms with Gasteiger partial charge in [0.1, 0.15) is 0 Å². The van der Waals surface area contributed by atoms with Crippen molar-refractivity contribution in [3.05, 3.63) is 116 Å². The van der Waals surface area contributed by atoms with Gasteiger partial charge in [-0.05, 0) is 36.2 Å². The molecule has 4 rings (SSSR count). The van der Waals surface area contributed by atoms with E-state index >= 15 is 0 Å². The molecular weight excluding hydrogens is 378 g/mol. The van der Waals surface area contributed by atoms with Gasteiger partial charge in [0.2, 0.25) is 0 Å². The van der Waals surface area contributed by atoms with Gasteiger partial charge in [-0.1, -0.05) is 60.7 Å². The minimum absolute atomic E-state index is 0.273. The molecule has 4 aromatic rings. The molecule has 150 valence electrons. The van der Waals surface area contributed by atoms with Gasteiger partial charge in [-0.2, -0.15) is 0 Å². The lowest BCUT2D eigenvalue weighted by molar-refractivity contribution is 0.0943. The quantitative estimate of drug-likeness (QED) is 0.506. The van der Waals surface area contributed by atoms with Crippen molar-refractivity contribution in [1.29, 1.82) is 0 Å². The van der Waals surface area contributed by atoms with Crippen LogP contribution in [-0.4, -0.2) is 15.5 Å². The molecule has 0 atom stereocenters. The first-order chi connectivity index (χ1) is 14.6. The summed E-state index contributed by atoms with van der Waals surface area (Å²) in [5, 5.41) is 3.09. The van der Waals surface area contributed by atoms with Crippen LogP contribution in [-0.2, 0) is 6.54 Å². The molecule has 0 saturated heterocycles. The van der Waals surface area contributed by atoms with Gasteiger partial charge in [-0.3, -0.25) is 14.4 Å². The number of carbonyl (C=O) groups is 1. The number of H-pyrrole nitrogens is 1. The predicted molar refractivity (Wildman–Crippen MR) is 117 cm³/mol. The maximum atomic E-state index is 13.1. The topological polar surface area (TPSA) is 84.0 Å². The number of carbonyl (C=O) groups excluding carboxylic acids is 1. The van der Waals surface area contributed by atoms with Gasteiger partial charge in [0.15, 0.2) is 0 Å². The van der Waals surface area contributed by atoms with Crippen molar-refractivity contribution in [2.45, 2.75) is 19.5 Å². The molecule has 0 aliphatic carbocycles. The van der Waals surface area contributed by atoms with Crippen molar-refractivity contribution in [2.75, 3.05) is 0 Å². The highest BCUT2D eigenvalue weighted by Gasteiger charge is 2.18. The molecule has 0 saturated carbocycles. The molecule has 0 aliphatic heterocycles. The molecule has 1 heterocycles. The number of hydrogen-bond acceptors (Lipinski definition) is 3. The number of hydrogen-bond donors (Lipinski definition) is 2. The van der Waals surface area contributed by atoms with Gasteiger partial charge in [0, 0.05) is 12.1 Å². The Balaban J connectivity index is 1.72. The normalized spacial score (nSPS) is 11.0. The molecule has 0 unspecified atom stereocenters. The minimum Gasteiger partial charge on any atom is -0.341 e. The highest BCUT2D eigenvalue weighted by Crippen LogP contribution is 2.22. The Morgan fingerprint density at radius 3 is 2.10 bits per heavy atom. The number of amides is 1. The molecule has 6 nitrogen and oxygen atoms in total. The molecule has 1 amide bonds. The third kappa shape index (κ3) is 3.67. The first-order valence-corrected chi connectivity index (χ1v) is 9.76. The maximum absolute atomic E-state index is 13.1. The number of rotatable bonds is 5. The fourth-order valence-electron chi connectivity index (χ4n) is 3.60. The van der Waals surface area contributed by atoms with Gasteiger partial charge in [-0.25, -0.2) is 0 Å². The smallest absolute Gasteiger partial charge is 0.316 e. The maximum Gasteiger partial charge on any atom is 0.316 e. The van der Waals surface area contributed by atoms with Crippen LogP contribution in [0.1, 0.15) is 34.5 Å². The second-order valence-corrected chi connectivity index (χ2v) is 6.96. The lowest BCUT2D eigenvalue weighted by atomic mass is 9.98. The summed E-state index contributed by atoms with van der Waals surface area (Å²) >= 11 is 0. The number of fused-ring (bicyclic) bond motifs is 1. The van der Waals surface area contributed by atoms with Crippen molar-refractivity contribution in [3.8, 4) is 0 Å². The Bertz CT molecular complexity index is 1270. The Kier molecular flexibility index (Phi) is 5.30. The van der Waals surface area contributed by atoms with E-state index in [4.69, 9.17) is 0 Å². The van der Waals surface area contributed by atoms with Crippen molar-refractivity contribution >= 4 is 16.9 Å². The second-order valence-electron chi connectivity index (χ2n) is 6.96. The summed E-state index contributed by atoms with van der Waals surface area (Å²) in [6.45, 7) is 2.17. The lowest BCUT2D eigenvalue weighted by Gasteiger charge is -2.20. The summed E-state index contributed by atoms with van der Waals surface area (Å²) in [6.07, 6.45) is 0. The van der Waals surface area contributed by atoms with Crippen molar-refractivity contribution in [2.24, 2.45) is 0 Å². The van der Waals surface area contributed by atoms with E-state index in [9.17, 15) is 14.4 Å². The highest BCUT2D eigenvalue weighted by molar-refractivity contribution is 5.97. The standard InChI is InChI=1S/C24H21N3O3/c1-2-27-20-14-13-18(15-19(20)25-23(29)24(27)30)22(28)26-21(16-9-5-3-6-10-16)17-11-7-4-8-12-17/h3-15,21H,2H2,1H3,(H,25,29)(H,26,28). The average molecular weight is 399 g/mol. The summed E-state index contributed by atoms with van der Waals surface area (Å²) in [5.74, 6) is -0.273. The molecule has 0 fully saturated rings. The van der Waals surface area contributed by atoms with Crippen LogP contribution in [0.2, 0.25) is 0 Å². The summed E-state index contributed by atoms with van der Waals surface area (Å²) in [4.78, 5) is 39.6. The second kappa shape index (κ2) is 8.21. The Morgan fingerprint density at radius 1 is 0.933 bits per heavy atom.